The SMILES string of the molecule is N[C@@H](CCCC(=O)N1C[C@H](N)[C@@H](N)C1)C(=O)N[C@H](CCc1ccccc1)C(=O)Nc1cnc2ccccc2c1. The average molecular weight is 532 g/mol. The van der Waals surface area contributed by atoms with E-state index in [2.05, 4.69) is 15.6 Å². The largest absolute Gasteiger partial charge is 0.343 e. The quantitative estimate of drug-likeness (QED) is 0.248. The van der Waals surface area contributed by atoms with E-state index in [1.54, 1.807) is 11.1 Å². The lowest BCUT2D eigenvalue weighted by Gasteiger charge is -2.21. The zero-order valence-corrected chi connectivity index (χ0v) is 22.0. The fraction of sp³-hybridized carbons (Fsp3) is 0.379. The molecule has 1 aromatic heterocycles. The Kier molecular flexibility index (Phi) is 9.59. The van der Waals surface area contributed by atoms with Gasteiger partial charge in [-0.2, -0.15) is 0 Å². The Labute approximate surface area is 228 Å². The second-order valence-electron chi connectivity index (χ2n) is 10.1. The Morgan fingerprint density at radius 2 is 1.64 bits per heavy atom. The number of nitrogens with zero attached hydrogens (tertiary/aromatic N) is 2. The monoisotopic (exact) mass is 531 g/mol. The van der Waals surface area contributed by atoms with Crippen LogP contribution in [0.2, 0.25) is 0 Å². The van der Waals surface area contributed by atoms with Gasteiger partial charge < -0.3 is 32.7 Å². The predicted molar refractivity (Wildman–Crippen MR) is 151 cm³/mol. The minimum absolute atomic E-state index is 0.0462. The molecule has 1 aliphatic heterocycles. The summed E-state index contributed by atoms with van der Waals surface area (Å²) < 4.78 is 0. The number of fused-ring (bicyclic) bond motifs is 1. The highest BCUT2D eigenvalue weighted by molar-refractivity contribution is 5.98. The topological polar surface area (TPSA) is 169 Å². The van der Waals surface area contributed by atoms with E-state index in [0.29, 0.717) is 44.5 Å². The molecule has 206 valence electrons. The van der Waals surface area contributed by atoms with Gasteiger partial charge >= 0.3 is 0 Å². The molecule has 2 heterocycles. The lowest BCUT2D eigenvalue weighted by molar-refractivity contribution is -0.130. The lowest BCUT2D eigenvalue weighted by atomic mass is 10.0. The molecule has 1 fully saturated rings. The number of nitrogens with two attached hydrogens (primary N) is 3. The maximum atomic E-state index is 13.3. The van der Waals surface area contributed by atoms with Gasteiger partial charge in [0.1, 0.15) is 6.04 Å². The maximum absolute atomic E-state index is 13.3. The van der Waals surface area contributed by atoms with Gasteiger partial charge in [0.05, 0.1) is 23.4 Å². The van der Waals surface area contributed by atoms with Gasteiger partial charge in [-0.1, -0.05) is 48.5 Å². The zero-order valence-electron chi connectivity index (χ0n) is 22.0. The van der Waals surface area contributed by atoms with Gasteiger partial charge in [0.25, 0.3) is 0 Å². The van der Waals surface area contributed by atoms with Crippen LogP contribution in [0.5, 0.6) is 0 Å². The van der Waals surface area contributed by atoms with Crippen LogP contribution in [0.25, 0.3) is 10.9 Å². The van der Waals surface area contributed by atoms with Crippen molar-refractivity contribution in [3.05, 3.63) is 72.4 Å². The Hall–Kier alpha value is -3.86. The van der Waals surface area contributed by atoms with Crippen molar-refractivity contribution in [2.45, 2.75) is 56.3 Å². The van der Waals surface area contributed by atoms with Crippen molar-refractivity contribution < 1.29 is 14.4 Å². The molecule has 10 nitrogen and oxygen atoms in total. The number of aryl methyl sites for hydroxylation is 1. The van der Waals surface area contributed by atoms with E-state index in [-0.39, 0.29) is 30.3 Å². The first-order valence-electron chi connectivity index (χ1n) is 13.3. The number of carbonyl (C=O) groups excluding carboxylic acids is 3. The first-order valence-corrected chi connectivity index (χ1v) is 13.3. The van der Waals surface area contributed by atoms with Crippen LogP contribution in [-0.4, -0.2) is 64.9 Å². The van der Waals surface area contributed by atoms with Crippen molar-refractivity contribution in [2.24, 2.45) is 17.2 Å². The zero-order chi connectivity index (χ0) is 27.8. The molecule has 2 aromatic carbocycles. The Morgan fingerprint density at radius 3 is 2.38 bits per heavy atom. The Morgan fingerprint density at radius 1 is 0.949 bits per heavy atom. The van der Waals surface area contributed by atoms with Gasteiger partial charge in [-0.05, 0) is 43.4 Å². The molecule has 0 unspecified atom stereocenters. The number of benzene rings is 2. The number of para-hydroxylation sites is 1. The van der Waals surface area contributed by atoms with Crippen LogP contribution < -0.4 is 27.8 Å². The highest BCUT2D eigenvalue weighted by Gasteiger charge is 2.30. The first kappa shape index (κ1) is 28.2. The molecule has 0 aliphatic carbocycles. The number of rotatable bonds is 11. The van der Waals surface area contributed by atoms with E-state index < -0.39 is 18.0 Å². The summed E-state index contributed by atoms with van der Waals surface area (Å²) in [5, 5.41) is 6.61. The van der Waals surface area contributed by atoms with Crippen LogP contribution in [0.1, 0.15) is 31.2 Å². The number of aromatic nitrogens is 1. The summed E-state index contributed by atoms with van der Waals surface area (Å²) in [6, 6.07) is 17.1. The Bertz CT molecular complexity index is 1280. The molecule has 0 radical (unpaired) electrons. The molecule has 39 heavy (non-hydrogen) atoms. The molecular formula is C29H37N7O3. The number of hydrogen-bond acceptors (Lipinski definition) is 7. The van der Waals surface area contributed by atoms with E-state index in [1.165, 1.54) is 0 Å². The predicted octanol–water partition coefficient (Wildman–Crippen LogP) is 1.29. The molecule has 1 aliphatic rings. The molecule has 0 saturated carbocycles. The number of anilines is 1. The molecule has 8 N–H and O–H groups in total. The third-order valence-electron chi connectivity index (χ3n) is 7.06. The highest BCUT2D eigenvalue weighted by Crippen LogP contribution is 2.17. The van der Waals surface area contributed by atoms with Crippen molar-refractivity contribution in [3.63, 3.8) is 0 Å². The van der Waals surface area contributed by atoms with Crippen molar-refractivity contribution >= 4 is 34.3 Å². The van der Waals surface area contributed by atoms with Gasteiger partial charge in [-0.3, -0.25) is 19.4 Å². The molecule has 3 amide bonds. The number of amides is 3. The summed E-state index contributed by atoms with van der Waals surface area (Å²) in [5.41, 5.74) is 20.4. The minimum Gasteiger partial charge on any atom is -0.343 e. The van der Waals surface area contributed by atoms with Crippen LogP contribution in [-0.2, 0) is 20.8 Å². The third-order valence-corrected chi connectivity index (χ3v) is 7.06. The van der Waals surface area contributed by atoms with Crippen LogP contribution in [0.15, 0.2) is 66.9 Å². The minimum atomic E-state index is -0.852. The normalized spacial score (nSPS) is 18.5. The number of likely N-dealkylation sites (tertiary alicyclic amines) is 1. The molecule has 0 spiro atoms. The molecule has 4 rings (SSSR count). The summed E-state index contributed by atoms with van der Waals surface area (Å²) in [6.07, 6.45) is 3.60. The van der Waals surface area contributed by atoms with Crippen LogP contribution in [0.4, 0.5) is 5.69 Å². The van der Waals surface area contributed by atoms with Crippen LogP contribution in [0.3, 0.4) is 0 Å². The number of pyridine rings is 1. The molecule has 4 atom stereocenters. The fourth-order valence-electron chi connectivity index (χ4n) is 4.69. The van der Waals surface area contributed by atoms with Gasteiger partial charge in [0.15, 0.2) is 0 Å². The van der Waals surface area contributed by atoms with Crippen molar-refractivity contribution in [3.8, 4) is 0 Å². The van der Waals surface area contributed by atoms with Crippen molar-refractivity contribution in [1.82, 2.24) is 15.2 Å². The van der Waals surface area contributed by atoms with Crippen LogP contribution in [0, 0.1) is 0 Å². The maximum Gasteiger partial charge on any atom is 0.247 e. The van der Waals surface area contributed by atoms with Gasteiger partial charge in [0.2, 0.25) is 17.7 Å². The fourth-order valence-corrected chi connectivity index (χ4v) is 4.69. The van der Waals surface area contributed by atoms with Crippen molar-refractivity contribution in [2.75, 3.05) is 18.4 Å². The lowest BCUT2D eigenvalue weighted by Crippen LogP contribution is -2.50. The summed E-state index contributed by atoms with van der Waals surface area (Å²) >= 11 is 0. The van der Waals surface area contributed by atoms with Gasteiger partial charge in [0, 0.05) is 37.0 Å². The first-order chi connectivity index (χ1) is 18.8. The van der Waals surface area contributed by atoms with E-state index in [1.807, 2.05) is 60.7 Å². The third kappa shape index (κ3) is 7.82. The number of hydrogen-bond donors (Lipinski definition) is 5. The highest BCUT2D eigenvalue weighted by atomic mass is 16.2. The van der Waals surface area contributed by atoms with E-state index in [4.69, 9.17) is 17.2 Å². The molecule has 0 bridgehead atoms. The smallest absolute Gasteiger partial charge is 0.247 e. The summed E-state index contributed by atoms with van der Waals surface area (Å²) in [7, 11) is 0. The summed E-state index contributed by atoms with van der Waals surface area (Å²) in [5.74, 6) is -0.826. The van der Waals surface area contributed by atoms with Crippen molar-refractivity contribution in [1.29, 1.82) is 0 Å². The van der Waals surface area contributed by atoms with Gasteiger partial charge in [-0.25, -0.2) is 0 Å². The summed E-state index contributed by atoms with van der Waals surface area (Å²) in [4.78, 5) is 44.7. The molecule has 1 saturated heterocycles. The second kappa shape index (κ2) is 13.3. The summed E-state index contributed by atoms with van der Waals surface area (Å²) in [6.45, 7) is 0.884. The van der Waals surface area contributed by atoms with E-state index in [0.717, 1.165) is 16.5 Å². The molecule has 10 heteroatoms. The number of carbonyl (C=O) groups is 3. The number of nitrogens with one attached hydrogen (secondary N) is 2. The molecule has 3 aromatic rings. The average Bonchev–Trinajstić information content (AvgIpc) is 3.29. The second-order valence-corrected chi connectivity index (χ2v) is 10.1. The van der Waals surface area contributed by atoms with E-state index in [9.17, 15) is 14.4 Å². The van der Waals surface area contributed by atoms with E-state index >= 15 is 0 Å². The van der Waals surface area contributed by atoms with Gasteiger partial charge in [-0.15, -0.1) is 0 Å². The van der Waals surface area contributed by atoms with Crippen LogP contribution >= 0.6 is 0 Å². The standard InChI is InChI=1S/C29H37N7O3/c30-22(10-6-12-27(37)36-17-23(31)24(32)18-36)28(38)35-26(14-13-19-7-2-1-3-8-19)29(39)34-21-15-20-9-4-5-11-25(20)33-16-21/h1-5,7-9,11,15-16,22-24,26H,6,10,12-14,17-18,30-32H2,(H,34,39)(H,35,38)/t22-,23-,24-,26+/m0/s1. The Balaban J connectivity index is 1.34. The molecular weight excluding hydrogens is 494 g/mol.